The van der Waals surface area contributed by atoms with E-state index in [1.54, 1.807) is 0 Å². The monoisotopic (exact) mass is 251 g/mol. The number of hydrogen-bond acceptors (Lipinski definition) is 1. The highest BCUT2D eigenvalue weighted by Gasteiger charge is 2.31. The summed E-state index contributed by atoms with van der Waals surface area (Å²) in [6, 6.07) is 8.38. The lowest BCUT2D eigenvalue weighted by Gasteiger charge is -2.30. The molecule has 92 valence electrons. The van der Waals surface area contributed by atoms with Crippen molar-refractivity contribution in [2.75, 3.05) is 5.88 Å². The number of fused-ring (bicyclic) bond motifs is 1. The summed E-state index contributed by atoms with van der Waals surface area (Å²) in [6.45, 7) is 2.04. The van der Waals surface area contributed by atoms with Crippen LogP contribution in [0.15, 0.2) is 24.3 Å². The molecule has 0 heterocycles. The second-order valence-electron chi connectivity index (χ2n) is 4.70. The minimum absolute atomic E-state index is 0.0599. The van der Waals surface area contributed by atoms with Gasteiger partial charge in [-0.1, -0.05) is 24.3 Å². The molecule has 1 aliphatic carbocycles. The molecular formula is C14H18ClNO. The summed E-state index contributed by atoms with van der Waals surface area (Å²) >= 11 is 5.64. The van der Waals surface area contributed by atoms with Gasteiger partial charge in [0.25, 0.3) is 0 Å². The van der Waals surface area contributed by atoms with Gasteiger partial charge in [-0.05, 0) is 37.3 Å². The van der Waals surface area contributed by atoms with Crippen molar-refractivity contribution < 1.29 is 4.79 Å². The number of nitrogens with one attached hydrogen (secondary N) is 1. The highest BCUT2D eigenvalue weighted by molar-refractivity contribution is 6.17. The predicted octanol–water partition coefficient (Wildman–Crippen LogP) is 2.85. The van der Waals surface area contributed by atoms with E-state index in [0.29, 0.717) is 5.88 Å². The quantitative estimate of drug-likeness (QED) is 0.801. The number of amides is 1. The van der Waals surface area contributed by atoms with Gasteiger partial charge in [-0.15, -0.1) is 11.6 Å². The maximum Gasteiger partial charge on any atom is 0.228 e. The SMILES string of the molecule is CC(CCCCl)NC(=O)C1Cc2ccccc21. The van der Waals surface area contributed by atoms with E-state index in [4.69, 9.17) is 11.6 Å². The van der Waals surface area contributed by atoms with Crippen LogP contribution in [0.1, 0.15) is 36.8 Å². The van der Waals surface area contributed by atoms with E-state index < -0.39 is 0 Å². The molecule has 2 nitrogen and oxygen atoms in total. The summed E-state index contributed by atoms with van der Waals surface area (Å²) in [4.78, 5) is 12.0. The Balaban J connectivity index is 1.87. The molecule has 17 heavy (non-hydrogen) atoms. The molecule has 1 N–H and O–H groups in total. The molecule has 0 spiro atoms. The minimum Gasteiger partial charge on any atom is -0.353 e. The average molecular weight is 252 g/mol. The van der Waals surface area contributed by atoms with Crippen molar-refractivity contribution in [1.82, 2.24) is 5.32 Å². The van der Waals surface area contributed by atoms with Crippen LogP contribution in [0.2, 0.25) is 0 Å². The fourth-order valence-corrected chi connectivity index (χ4v) is 2.45. The summed E-state index contributed by atoms with van der Waals surface area (Å²) in [5.74, 6) is 0.877. The molecule has 0 saturated heterocycles. The number of carbonyl (C=O) groups is 1. The third kappa shape index (κ3) is 2.81. The molecule has 0 saturated carbocycles. The normalized spacial score (nSPS) is 19.1. The highest BCUT2D eigenvalue weighted by atomic mass is 35.5. The van der Waals surface area contributed by atoms with Gasteiger partial charge in [0.2, 0.25) is 5.91 Å². The number of carbonyl (C=O) groups excluding carboxylic acids is 1. The van der Waals surface area contributed by atoms with Crippen LogP contribution in [0.25, 0.3) is 0 Å². The molecule has 0 aliphatic heterocycles. The molecule has 3 heteroatoms. The Bertz CT molecular complexity index is 405. The third-order valence-corrected chi connectivity index (χ3v) is 3.60. The van der Waals surface area contributed by atoms with Crippen LogP contribution >= 0.6 is 11.6 Å². The lowest BCUT2D eigenvalue weighted by atomic mass is 9.77. The van der Waals surface area contributed by atoms with Gasteiger partial charge in [0.05, 0.1) is 5.92 Å². The van der Waals surface area contributed by atoms with Gasteiger partial charge in [-0.25, -0.2) is 0 Å². The first-order valence-electron chi connectivity index (χ1n) is 6.16. The second-order valence-corrected chi connectivity index (χ2v) is 5.07. The number of benzene rings is 1. The maximum absolute atomic E-state index is 12.0. The van der Waals surface area contributed by atoms with Gasteiger partial charge >= 0.3 is 0 Å². The molecule has 0 aromatic heterocycles. The molecular weight excluding hydrogens is 234 g/mol. The smallest absolute Gasteiger partial charge is 0.228 e. The summed E-state index contributed by atoms with van der Waals surface area (Å²) < 4.78 is 0. The van der Waals surface area contributed by atoms with Gasteiger partial charge in [-0.3, -0.25) is 4.79 Å². The summed E-state index contributed by atoms with van der Waals surface area (Å²) in [6.07, 6.45) is 2.78. The number of halogens is 1. The molecule has 1 amide bonds. The van der Waals surface area contributed by atoms with Gasteiger partial charge in [0, 0.05) is 11.9 Å². The van der Waals surface area contributed by atoms with Crippen LogP contribution in [0.3, 0.4) is 0 Å². The van der Waals surface area contributed by atoms with Crippen LogP contribution in [0, 0.1) is 0 Å². The largest absolute Gasteiger partial charge is 0.353 e. The van der Waals surface area contributed by atoms with Crippen molar-refractivity contribution in [2.24, 2.45) is 0 Å². The van der Waals surface area contributed by atoms with E-state index in [2.05, 4.69) is 11.4 Å². The van der Waals surface area contributed by atoms with Gasteiger partial charge in [-0.2, -0.15) is 0 Å². The fraction of sp³-hybridized carbons (Fsp3) is 0.500. The molecule has 2 rings (SSSR count). The average Bonchev–Trinajstić information content (AvgIpc) is 2.28. The lowest BCUT2D eigenvalue weighted by Crippen LogP contribution is -2.40. The van der Waals surface area contributed by atoms with E-state index in [0.717, 1.165) is 19.3 Å². The topological polar surface area (TPSA) is 29.1 Å². The van der Waals surface area contributed by atoms with Crippen molar-refractivity contribution >= 4 is 17.5 Å². The van der Waals surface area contributed by atoms with Crippen LogP contribution in [0.4, 0.5) is 0 Å². The Morgan fingerprint density at radius 2 is 2.29 bits per heavy atom. The van der Waals surface area contributed by atoms with E-state index in [-0.39, 0.29) is 17.9 Å². The lowest BCUT2D eigenvalue weighted by molar-refractivity contribution is -0.123. The van der Waals surface area contributed by atoms with Crippen molar-refractivity contribution in [3.05, 3.63) is 35.4 Å². The van der Waals surface area contributed by atoms with Gasteiger partial charge < -0.3 is 5.32 Å². The zero-order valence-corrected chi connectivity index (χ0v) is 10.8. The number of rotatable bonds is 5. The molecule has 2 atom stereocenters. The minimum atomic E-state index is 0.0599. The van der Waals surface area contributed by atoms with Crippen LogP contribution in [0.5, 0.6) is 0 Å². The van der Waals surface area contributed by atoms with Gasteiger partial charge in [0.1, 0.15) is 0 Å². The molecule has 2 unspecified atom stereocenters. The van der Waals surface area contributed by atoms with E-state index >= 15 is 0 Å². The standard InChI is InChI=1S/C14H18ClNO/c1-10(5-4-8-15)16-14(17)13-9-11-6-2-3-7-12(11)13/h2-3,6-7,10,13H,4-5,8-9H2,1H3,(H,16,17). The number of alkyl halides is 1. The number of hydrogen-bond donors (Lipinski definition) is 1. The summed E-state index contributed by atoms with van der Waals surface area (Å²) in [5, 5.41) is 3.06. The fourth-order valence-electron chi connectivity index (χ4n) is 2.29. The Hall–Kier alpha value is -1.02. The van der Waals surface area contributed by atoms with E-state index in [1.807, 2.05) is 25.1 Å². The van der Waals surface area contributed by atoms with Crippen LogP contribution in [-0.2, 0) is 11.2 Å². The molecule has 1 aromatic rings. The summed E-state index contributed by atoms with van der Waals surface area (Å²) in [7, 11) is 0. The van der Waals surface area contributed by atoms with Gasteiger partial charge in [0.15, 0.2) is 0 Å². The summed E-state index contributed by atoms with van der Waals surface area (Å²) in [5.41, 5.74) is 2.50. The maximum atomic E-state index is 12.0. The Morgan fingerprint density at radius 3 is 3.00 bits per heavy atom. The zero-order chi connectivity index (χ0) is 12.3. The first-order valence-corrected chi connectivity index (χ1v) is 6.70. The van der Waals surface area contributed by atoms with E-state index in [1.165, 1.54) is 11.1 Å². The molecule has 0 radical (unpaired) electrons. The molecule has 1 aliphatic rings. The molecule has 1 aromatic carbocycles. The van der Waals surface area contributed by atoms with Crippen LogP contribution < -0.4 is 5.32 Å². The van der Waals surface area contributed by atoms with Crippen molar-refractivity contribution in [2.45, 2.75) is 38.1 Å². The van der Waals surface area contributed by atoms with Crippen LogP contribution in [-0.4, -0.2) is 17.8 Å². The Kier molecular flexibility index (Phi) is 4.06. The second kappa shape index (κ2) is 5.54. The predicted molar refractivity (Wildman–Crippen MR) is 70.4 cm³/mol. The first-order chi connectivity index (χ1) is 8.22. The van der Waals surface area contributed by atoms with Crippen molar-refractivity contribution in [3.8, 4) is 0 Å². The molecule has 0 bridgehead atoms. The molecule has 0 fully saturated rings. The van der Waals surface area contributed by atoms with Crippen molar-refractivity contribution in [3.63, 3.8) is 0 Å². The Morgan fingerprint density at radius 1 is 1.53 bits per heavy atom. The first kappa shape index (κ1) is 12.4. The Labute approximate surface area is 107 Å². The zero-order valence-electron chi connectivity index (χ0n) is 10.1. The van der Waals surface area contributed by atoms with Crippen molar-refractivity contribution in [1.29, 1.82) is 0 Å². The third-order valence-electron chi connectivity index (χ3n) is 3.33. The van der Waals surface area contributed by atoms with E-state index in [9.17, 15) is 4.79 Å². The highest BCUT2D eigenvalue weighted by Crippen LogP contribution is 2.34.